The van der Waals surface area contributed by atoms with E-state index in [9.17, 15) is 14.0 Å². The molecule has 0 radical (unpaired) electrons. The molecule has 4 rings (SSSR count). The average molecular weight is 379 g/mol. The van der Waals surface area contributed by atoms with E-state index in [1.165, 1.54) is 16.7 Å². The van der Waals surface area contributed by atoms with Crippen molar-refractivity contribution in [1.29, 1.82) is 0 Å². The van der Waals surface area contributed by atoms with Crippen molar-refractivity contribution in [2.45, 2.75) is 26.3 Å². The number of benzene rings is 1. The van der Waals surface area contributed by atoms with Crippen LogP contribution < -0.4 is 5.56 Å². The van der Waals surface area contributed by atoms with E-state index in [0.717, 1.165) is 23.8 Å². The molecule has 6 heteroatoms. The average Bonchev–Trinajstić information content (AvgIpc) is 2.71. The zero-order valence-corrected chi connectivity index (χ0v) is 15.8. The van der Waals surface area contributed by atoms with Gasteiger partial charge in [0.1, 0.15) is 17.0 Å². The van der Waals surface area contributed by atoms with Crippen molar-refractivity contribution < 1.29 is 9.18 Å². The van der Waals surface area contributed by atoms with Crippen molar-refractivity contribution in [1.82, 2.24) is 14.5 Å². The third kappa shape index (κ3) is 3.54. The van der Waals surface area contributed by atoms with Crippen LogP contribution in [0.3, 0.4) is 0 Å². The molecule has 1 aromatic carbocycles. The Labute approximate surface area is 162 Å². The highest BCUT2D eigenvalue weighted by molar-refractivity contribution is 5.97. The second kappa shape index (κ2) is 7.54. The lowest BCUT2D eigenvalue weighted by atomic mass is 9.98. The highest BCUT2D eigenvalue weighted by atomic mass is 19.1. The van der Waals surface area contributed by atoms with Crippen LogP contribution in [0.4, 0.5) is 4.39 Å². The Hall–Kier alpha value is -3.02. The maximum Gasteiger partial charge on any atom is 0.265 e. The Kier molecular flexibility index (Phi) is 4.94. The number of carbonyl (C=O) groups is 1. The molecule has 1 aliphatic rings. The van der Waals surface area contributed by atoms with Gasteiger partial charge in [0.15, 0.2) is 0 Å². The van der Waals surface area contributed by atoms with E-state index in [1.54, 1.807) is 35.4 Å². The molecule has 2 aromatic heterocycles. The molecule has 0 aliphatic carbocycles. The molecule has 1 amide bonds. The van der Waals surface area contributed by atoms with Crippen LogP contribution in [0.1, 0.15) is 35.7 Å². The summed E-state index contributed by atoms with van der Waals surface area (Å²) < 4.78 is 14.7. The maximum atomic E-state index is 13.2. The molecule has 0 atom stereocenters. The van der Waals surface area contributed by atoms with Crippen LogP contribution in [0, 0.1) is 11.7 Å². The minimum Gasteiger partial charge on any atom is -0.338 e. The molecule has 0 N–H and O–H groups in total. The van der Waals surface area contributed by atoms with E-state index in [4.69, 9.17) is 0 Å². The maximum absolute atomic E-state index is 13.2. The van der Waals surface area contributed by atoms with Gasteiger partial charge in [0, 0.05) is 24.7 Å². The first kappa shape index (κ1) is 18.3. The second-order valence-electron chi connectivity index (χ2n) is 7.47. The lowest BCUT2D eigenvalue weighted by molar-refractivity contribution is 0.0695. The Morgan fingerprint density at radius 3 is 2.61 bits per heavy atom. The van der Waals surface area contributed by atoms with Gasteiger partial charge in [0.2, 0.25) is 0 Å². The van der Waals surface area contributed by atoms with Gasteiger partial charge in [-0.05, 0) is 54.7 Å². The number of hydrogen-bond acceptors (Lipinski definition) is 3. The fraction of sp³-hybridized carbons (Fsp3) is 0.318. The highest BCUT2D eigenvalue weighted by Gasteiger charge is 2.25. The molecular formula is C22H22FN3O2. The van der Waals surface area contributed by atoms with Crippen LogP contribution in [0.25, 0.3) is 11.0 Å². The van der Waals surface area contributed by atoms with Crippen LogP contribution in [0.2, 0.25) is 0 Å². The Balaban J connectivity index is 1.77. The van der Waals surface area contributed by atoms with Gasteiger partial charge < -0.3 is 4.90 Å². The van der Waals surface area contributed by atoms with Crippen LogP contribution in [0.5, 0.6) is 0 Å². The molecule has 0 unspecified atom stereocenters. The number of aromatic nitrogens is 2. The van der Waals surface area contributed by atoms with E-state index in [1.807, 2.05) is 6.07 Å². The van der Waals surface area contributed by atoms with Crippen molar-refractivity contribution in [3.8, 4) is 0 Å². The van der Waals surface area contributed by atoms with Gasteiger partial charge in [-0.25, -0.2) is 9.37 Å². The van der Waals surface area contributed by atoms with Gasteiger partial charge >= 0.3 is 0 Å². The number of carbonyl (C=O) groups excluding carboxylic acids is 1. The SMILES string of the molecule is CC1CCN(C(=O)c2cc3cccnc3n(Cc3ccc(F)cc3)c2=O)CC1. The predicted molar refractivity (Wildman–Crippen MR) is 106 cm³/mol. The third-order valence-corrected chi connectivity index (χ3v) is 5.40. The van der Waals surface area contributed by atoms with Crippen molar-refractivity contribution in [2.24, 2.45) is 5.92 Å². The summed E-state index contributed by atoms with van der Waals surface area (Å²) >= 11 is 0. The molecular weight excluding hydrogens is 357 g/mol. The number of rotatable bonds is 3. The summed E-state index contributed by atoms with van der Waals surface area (Å²) in [7, 11) is 0. The first-order valence-electron chi connectivity index (χ1n) is 9.55. The third-order valence-electron chi connectivity index (χ3n) is 5.40. The largest absolute Gasteiger partial charge is 0.338 e. The zero-order chi connectivity index (χ0) is 19.7. The minimum atomic E-state index is -0.362. The summed E-state index contributed by atoms with van der Waals surface area (Å²) in [5.74, 6) is 0.0397. The molecule has 144 valence electrons. The van der Waals surface area contributed by atoms with Gasteiger partial charge in [0.25, 0.3) is 11.5 Å². The first-order valence-corrected chi connectivity index (χ1v) is 9.55. The number of hydrogen-bond donors (Lipinski definition) is 0. The quantitative estimate of drug-likeness (QED) is 0.700. The summed E-state index contributed by atoms with van der Waals surface area (Å²) in [5, 5.41) is 0.734. The molecule has 0 saturated carbocycles. The van der Waals surface area contributed by atoms with E-state index < -0.39 is 0 Å². The topological polar surface area (TPSA) is 55.2 Å². The Morgan fingerprint density at radius 1 is 1.18 bits per heavy atom. The van der Waals surface area contributed by atoms with Crippen molar-refractivity contribution in [3.63, 3.8) is 0 Å². The Bertz CT molecular complexity index is 1070. The van der Waals surface area contributed by atoms with Crippen molar-refractivity contribution in [2.75, 3.05) is 13.1 Å². The summed E-state index contributed by atoms with van der Waals surface area (Å²) in [6, 6.07) is 11.3. The number of halogens is 1. The number of amides is 1. The molecule has 1 fully saturated rings. The number of pyridine rings is 2. The van der Waals surface area contributed by atoms with Gasteiger partial charge in [0.05, 0.1) is 6.54 Å². The molecule has 0 bridgehead atoms. The standard InChI is InChI=1S/C22H22FN3O2/c1-15-8-11-25(12-9-15)21(27)19-13-17-3-2-10-24-20(17)26(22(19)28)14-16-4-6-18(23)7-5-16/h2-7,10,13,15H,8-9,11-12,14H2,1H3. The summed E-state index contributed by atoms with van der Waals surface area (Å²) in [6.45, 7) is 3.74. The zero-order valence-electron chi connectivity index (χ0n) is 15.8. The van der Waals surface area contributed by atoms with Crippen LogP contribution >= 0.6 is 0 Å². The van der Waals surface area contributed by atoms with Gasteiger partial charge in [-0.2, -0.15) is 0 Å². The molecule has 1 saturated heterocycles. The highest BCUT2D eigenvalue weighted by Crippen LogP contribution is 2.19. The summed E-state index contributed by atoms with van der Waals surface area (Å²) in [4.78, 5) is 32.4. The van der Waals surface area contributed by atoms with Gasteiger partial charge in [-0.1, -0.05) is 19.1 Å². The summed E-state index contributed by atoms with van der Waals surface area (Å²) in [6.07, 6.45) is 3.52. The minimum absolute atomic E-state index is 0.164. The van der Waals surface area contributed by atoms with E-state index in [2.05, 4.69) is 11.9 Å². The second-order valence-corrected chi connectivity index (χ2v) is 7.47. The lowest BCUT2D eigenvalue weighted by Gasteiger charge is -2.30. The Morgan fingerprint density at radius 2 is 1.89 bits per heavy atom. The monoisotopic (exact) mass is 379 g/mol. The smallest absolute Gasteiger partial charge is 0.265 e. The fourth-order valence-corrected chi connectivity index (χ4v) is 3.66. The van der Waals surface area contributed by atoms with Crippen LogP contribution in [-0.4, -0.2) is 33.4 Å². The number of fused-ring (bicyclic) bond motifs is 1. The number of nitrogens with zero attached hydrogens (tertiary/aromatic N) is 3. The number of likely N-dealkylation sites (tertiary alicyclic amines) is 1. The van der Waals surface area contributed by atoms with Crippen molar-refractivity contribution in [3.05, 3.63) is 76.0 Å². The normalized spacial score (nSPS) is 15.1. The van der Waals surface area contributed by atoms with Crippen LogP contribution in [0.15, 0.2) is 53.5 Å². The van der Waals surface area contributed by atoms with E-state index >= 15 is 0 Å². The molecule has 1 aliphatic heterocycles. The molecule has 3 heterocycles. The van der Waals surface area contributed by atoms with Crippen LogP contribution in [-0.2, 0) is 6.54 Å². The molecule has 28 heavy (non-hydrogen) atoms. The van der Waals surface area contributed by atoms with Gasteiger partial charge in [-0.15, -0.1) is 0 Å². The van der Waals surface area contributed by atoms with E-state index in [-0.39, 0.29) is 29.4 Å². The predicted octanol–water partition coefficient (Wildman–Crippen LogP) is 3.46. The van der Waals surface area contributed by atoms with Crippen molar-refractivity contribution >= 4 is 16.9 Å². The molecule has 3 aromatic rings. The van der Waals surface area contributed by atoms with E-state index in [0.29, 0.717) is 24.7 Å². The molecule has 5 nitrogen and oxygen atoms in total. The first-order chi connectivity index (χ1) is 13.5. The lowest BCUT2D eigenvalue weighted by Crippen LogP contribution is -2.41. The molecule has 0 spiro atoms. The van der Waals surface area contributed by atoms with Gasteiger partial charge in [-0.3, -0.25) is 14.2 Å². The number of piperidine rings is 1. The fourth-order valence-electron chi connectivity index (χ4n) is 3.66. The summed E-state index contributed by atoms with van der Waals surface area (Å²) in [5.41, 5.74) is 1.09.